The van der Waals surface area contributed by atoms with Gasteiger partial charge in [0.25, 0.3) is 0 Å². The summed E-state index contributed by atoms with van der Waals surface area (Å²) < 4.78 is 54.0. The zero-order valence-corrected chi connectivity index (χ0v) is 53.0. The molecule has 0 N–H and O–H groups in total. The first-order valence-electron chi connectivity index (χ1n) is 31.3. The minimum Gasteiger partial charge on any atom is -0.309 e. The molecule has 0 aliphatic carbocycles. The van der Waals surface area contributed by atoms with E-state index >= 15 is 13.2 Å². The highest BCUT2D eigenvalue weighted by atomic mass is 19.4. The predicted molar refractivity (Wildman–Crippen MR) is 378 cm³/mol. The number of fused-ring (bicyclic) bond motifs is 12. The van der Waals surface area contributed by atoms with Gasteiger partial charge in [0.1, 0.15) is 0 Å². The van der Waals surface area contributed by atoms with Gasteiger partial charge in [-0.25, -0.2) is 0 Å². The lowest BCUT2D eigenvalue weighted by Crippen LogP contribution is -2.11. The van der Waals surface area contributed by atoms with E-state index in [0.717, 1.165) is 154 Å². The van der Waals surface area contributed by atoms with Crippen LogP contribution in [0.2, 0.25) is 0 Å². The van der Waals surface area contributed by atoms with Crippen LogP contribution >= 0.6 is 0 Å². The number of rotatable bonds is 6. The fourth-order valence-electron chi connectivity index (χ4n) is 14.2. The van der Waals surface area contributed by atoms with Crippen LogP contribution in [0.3, 0.4) is 0 Å². The summed E-state index contributed by atoms with van der Waals surface area (Å²) in [5.41, 5.74) is 22.7. The highest BCUT2D eigenvalue weighted by Gasteiger charge is 2.35. The second-order valence-electron chi connectivity index (χ2n) is 25.3. The number of aryl methyl sites for hydroxylation is 8. The maximum atomic E-state index is 15.1. The van der Waals surface area contributed by atoms with Crippen LogP contribution in [0.25, 0.3) is 132 Å². The van der Waals surface area contributed by atoms with E-state index in [9.17, 15) is 15.8 Å². The fourth-order valence-corrected chi connectivity index (χ4v) is 14.2. The molecule has 7 nitrogen and oxygen atoms in total. The van der Waals surface area contributed by atoms with Crippen molar-refractivity contribution in [1.82, 2.24) is 18.3 Å². The molecule has 0 atom stereocenters. The van der Waals surface area contributed by atoms with Crippen LogP contribution < -0.4 is 0 Å². The molecule has 0 aliphatic heterocycles. The molecule has 4 aromatic heterocycles. The molecular weight excluding hydrogens is 1160 g/mol. The van der Waals surface area contributed by atoms with Crippen molar-refractivity contribution in [1.29, 1.82) is 15.8 Å². The molecule has 0 saturated carbocycles. The van der Waals surface area contributed by atoms with Crippen molar-refractivity contribution in [3.63, 3.8) is 0 Å². The van der Waals surface area contributed by atoms with Gasteiger partial charge in [-0.15, -0.1) is 0 Å². The summed E-state index contributed by atoms with van der Waals surface area (Å²) >= 11 is 0. The zero-order chi connectivity index (χ0) is 65.2. The Morgan fingerprint density at radius 2 is 0.489 bits per heavy atom. The van der Waals surface area contributed by atoms with Crippen LogP contribution in [-0.4, -0.2) is 18.3 Å². The summed E-state index contributed by atoms with van der Waals surface area (Å²) in [5, 5.41) is 38.9. The average molecular weight is 1220 g/mol. The van der Waals surface area contributed by atoms with E-state index in [1.54, 1.807) is 18.2 Å². The first-order chi connectivity index (χ1) is 45.3. The molecule has 94 heavy (non-hydrogen) atoms. The number of hydrogen-bond acceptors (Lipinski definition) is 3. The largest absolute Gasteiger partial charge is 0.416 e. The van der Waals surface area contributed by atoms with Crippen LogP contribution in [0, 0.1) is 89.4 Å². The van der Waals surface area contributed by atoms with E-state index in [1.807, 2.05) is 146 Å². The maximum Gasteiger partial charge on any atom is 0.416 e. The standard InChI is InChI=1S/C42H30F3N3.C42H30N4/c1-24-8-12-31-32-13-9-25(2)17-36(32)47(35(31)16-24)39-21-30(42(43,44)45)22-40(41(39)29-7-5-6-28(20-29)23-46)48-37-18-26(3)10-14-33(37)34-15-11-27(4)19-38(34)48;1-25-8-12-32-33-13-9-26(2)17-37(33)45(36(32)16-25)40-21-30(24-44)22-41(42(40)31-7-5-6-29(20-31)23-43)46-38-18-27(3)10-14-34(38)35-15-11-28(4)19-39(35)46/h5-22H,1-4H3;5-22H,1-4H3. The minimum absolute atomic E-state index is 0.390. The zero-order valence-electron chi connectivity index (χ0n) is 53.0. The second kappa shape index (κ2) is 22.2. The third-order valence-electron chi connectivity index (χ3n) is 18.5. The Labute approximate surface area is 541 Å². The predicted octanol–water partition coefficient (Wildman–Crippen LogP) is 22.2. The third kappa shape index (κ3) is 9.63. The molecule has 10 heteroatoms. The first kappa shape index (κ1) is 58.5. The monoisotopic (exact) mass is 1220 g/mol. The number of halogens is 3. The summed E-state index contributed by atoms with van der Waals surface area (Å²) in [4.78, 5) is 0. The molecule has 0 amide bonds. The van der Waals surface area contributed by atoms with Gasteiger partial charge in [0, 0.05) is 54.2 Å². The van der Waals surface area contributed by atoms with Gasteiger partial charge >= 0.3 is 6.18 Å². The number of nitriles is 3. The van der Waals surface area contributed by atoms with Crippen LogP contribution in [0.1, 0.15) is 66.8 Å². The lowest BCUT2D eigenvalue weighted by molar-refractivity contribution is -0.137. The summed E-state index contributed by atoms with van der Waals surface area (Å²) in [6, 6.07) is 79.4. The highest BCUT2D eigenvalue weighted by molar-refractivity contribution is 6.15. The SMILES string of the molecule is Cc1ccc2c3ccc(C)cc3n(-c3cc(C#N)cc(-n4c5cc(C)ccc5c5ccc(C)cc54)c3-c3cccc(C#N)c3)c2c1.Cc1ccc2c3ccc(C)cc3n(-c3cc(C(F)(F)F)cc(-n4c5cc(C)ccc5c5ccc(C)cc54)c3-c3cccc(C#N)c3)c2c1. The van der Waals surface area contributed by atoms with E-state index in [2.05, 4.69) is 134 Å². The van der Waals surface area contributed by atoms with Crippen molar-refractivity contribution in [2.75, 3.05) is 0 Å². The second-order valence-corrected chi connectivity index (χ2v) is 25.3. The highest BCUT2D eigenvalue weighted by Crippen LogP contribution is 2.48. The van der Waals surface area contributed by atoms with Crippen molar-refractivity contribution in [2.45, 2.75) is 61.6 Å². The summed E-state index contributed by atoms with van der Waals surface area (Å²) in [6.07, 6.45) is -4.63. The minimum atomic E-state index is -4.63. The molecule has 0 radical (unpaired) electrons. The van der Waals surface area contributed by atoms with Gasteiger partial charge in [-0.05, 0) is 208 Å². The molecule has 0 aliphatic rings. The molecule has 4 heterocycles. The number of nitrogens with zero attached hydrogens (tertiary/aromatic N) is 7. The van der Waals surface area contributed by atoms with E-state index in [-0.39, 0.29) is 0 Å². The number of aromatic nitrogens is 4. The number of alkyl halides is 3. The van der Waals surface area contributed by atoms with Gasteiger partial charge in [-0.3, -0.25) is 0 Å². The van der Waals surface area contributed by atoms with Crippen LogP contribution in [0.4, 0.5) is 13.2 Å². The molecule has 0 spiro atoms. The van der Waals surface area contributed by atoms with E-state index in [0.29, 0.717) is 39.2 Å². The van der Waals surface area contributed by atoms with Crippen molar-refractivity contribution in [3.8, 4) is 63.2 Å². The first-order valence-corrected chi connectivity index (χ1v) is 31.3. The number of hydrogen-bond donors (Lipinski definition) is 0. The Balaban J connectivity index is 0.000000155. The van der Waals surface area contributed by atoms with Gasteiger partial charge in [0.05, 0.1) is 107 Å². The smallest absolute Gasteiger partial charge is 0.309 e. The van der Waals surface area contributed by atoms with E-state index in [4.69, 9.17) is 0 Å². The topological polar surface area (TPSA) is 91.1 Å². The Kier molecular flexibility index (Phi) is 13.8. The lowest BCUT2D eigenvalue weighted by atomic mass is 9.96. The third-order valence-corrected chi connectivity index (χ3v) is 18.5. The van der Waals surface area contributed by atoms with Crippen LogP contribution in [0.5, 0.6) is 0 Å². The maximum absolute atomic E-state index is 15.1. The molecule has 452 valence electrons. The van der Waals surface area contributed by atoms with E-state index < -0.39 is 11.7 Å². The van der Waals surface area contributed by atoms with Crippen molar-refractivity contribution >= 4 is 87.2 Å². The molecule has 0 fully saturated rings. The number of benzene rings is 12. The Bertz CT molecular complexity index is 5530. The van der Waals surface area contributed by atoms with Gasteiger partial charge < -0.3 is 18.3 Å². The van der Waals surface area contributed by atoms with Gasteiger partial charge in [0.15, 0.2) is 0 Å². The van der Waals surface area contributed by atoms with Crippen molar-refractivity contribution in [2.24, 2.45) is 0 Å². The molecule has 0 bridgehead atoms. The van der Waals surface area contributed by atoms with Crippen molar-refractivity contribution in [3.05, 3.63) is 285 Å². The van der Waals surface area contributed by atoms with Crippen LogP contribution in [-0.2, 0) is 6.18 Å². The molecule has 12 aromatic carbocycles. The summed E-state index contributed by atoms with van der Waals surface area (Å²) in [7, 11) is 0. The van der Waals surface area contributed by atoms with Gasteiger partial charge in [-0.1, -0.05) is 121 Å². The molecule has 16 rings (SSSR count). The lowest BCUT2D eigenvalue weighted by Gasteiger charge is -2.23. The summed E-state index contributed by atoms with van der Waals surface area (Å²) in [5.74, 6) is 0. The fraction of sp³-hybridized carbons (Fsp3) is 0.107. The Morgan fingerprint density at radius 1 is 0.266 bits per heavy atom. The normalized spacial score (nSPS) is 11.7. The Hall–Kier alpha value is -11.9. The molecule has 0 unspecified atom stereocenters. The van der Waals surface area contributed by atoms with Crippen molar-refractivity contribution < 1.29 is 13.2 Å². The van der Waals surface area contributed by atoms with Crippen LogP contribution in [0.15, 0.2) is 218 Å². The van der Waals surface area contributed by atoms with Gasteiger partial charge in [0.2, 0.25) is 0 Å². The van der Waals surface area contributed by atoms with E-state index in [1.165, 1.54) is 12.1 Å². The molecule has 0 saturated heterocycles. The van der Waals surface area contributed by atoms with Gasteiger partial charge in [-0.2, -0.15) is 29.0 Å². The Morgan fingerprint density at radius 3 is 0.702 bits per heavy atom. The quantitative estimate of drug-likeness (QED) is 0.166. The molecule has 16 aromatic rings. The average Bonchev–Trinajstić information content (AvgIpc) is 1.39. The molecular formula is C84H60F3N7. The summed E-state index contributed by atoms with van der Waals surface area (Å²) in [6.45, 7) is 16.4.